The summed E-state index contributed by atoms with van der Waals surface area (Å²) in [6, 6.07) is 13.1. The summed E-state index contributed by atoms with van der Waals surface area (Å²) in [5.74, 6) is 1.97. The van der Waals surface area contributed by atoms with E-state index in [4.69, 9.17) is 14.2 Å². The van der Waals surface area contributed by atoms with Crippen LogP contribution in [0.15, 0.2) is 42.5 Å². The summed E-state index contributed by atoms with van der Waals surface area (Å²) in [7, 11) is 0. The molecule has 1 atom stereocenters. The summed E-state index contributed by atoms with van der Waals surface area (Å²) in [5, 5.41) is 2.92. The number of benzene rings is 2. The SMILES string of the molecule is C[C@H](NC(=O)COc1ccc(I)cc1)c1ccc2c(c1)OCCO2. The molecule has 2 aromatic rings. The molecule has 24 heavy (non-hydrogen) atoms. The Bertz CT molecular complexity index is 717. The van der Waals surface area contributed by atoms with E-state index in [1.54, 1.807) is 0 Å². The molecular formula is C18H18INO4. The lowest BCUT2D eigenvalue weighted by Crippen LogP contribution is -2.31. The lowest BCUT2D eigenvalue weighted by Gasteiger charge is -2.21. The molecule has 1 heterocycles. The van der Waals surface area contributed by atoms with Crippen molar-refractivity contribution in [3.8, 4) is 17.2 Å². The fraction of sp³-hybridized carbons (Fsp3) is 0.278. The second-order valence-corrected chi connectivity index (χ2v) is 6.68. The third-order valence-electron chi connectivity index (χ3n) is 3.63. The zero-order chi connectivity index (χ0) is 16.9. The molecule has 0 unspecified atom stereocenters. The topological polar surface area (TPSA) is 56.8 Å². The Morgan fingerprint density at radius 2 is 1.88 bits per heavy atom. The maximum absolute atomic E-state index is 12.1. The Kier molecular flexibility index (Phi) is 5.44. The summed E-state index contributed by atoms with van der Waals surface area (Å²) >= 11 is 2.22. The molecule has 0 saturated heterocycles. The Balaban J connectivity index is 1.55. The highest BCUT2D eigenvalue weighted by Crippen LogP contribution is 2.32. The molecule has 1 N–H and O–H groups in total. The number of amides is 1. The molecule has 0 aromatic heterocycles. The smallest absolute Gasteiger partial charge is 0.258 e. The first-order valence-electron chi connectivity index (χ1n) is 7.69. The van der Waals surface area contributed by atoms with E-state index in [0.29, 0.717) is 19.0 Å². The second-order valence-electron chi connectivity index (χ2n) is 5.43. The molecule has 5 nitrogen and oxygen atoms in total. The second kappa shape index (κ2) is 7.74. The van der Waals surface area contributed by atoms with Crippen LogP contribution in [0.2, 0.25) is 0 Å². The van der Waals surface area contributed by atoms with E-state index >= 15 is 0 Å². The number of hydrogen-bond acceptors (Lipinski definition) is 4. The molecule has 6 heteroatoms. The zero-order valence-corrected chi connectivity index (χ0v) is 15.4. The van der Waals surface area contributed by atoms with Gasteiger partial charge in [-0.2, -0.15) is 0 Å². The Morgan fingerprint density at radius 1 is 1.17 bits per heavy atom. The lowest BCUT2D eigenvalue weighted by molar-refractivity contribution is -0.123. The Labute approximate surface area is 154 Å². The van der Waals surface area contributed by atoms with Gasteiger partial charge < -0.3 is 19.5 Å². The van der Waals surface area contributed by atoms with Crippen LogP contribution >= 0.6 is 22.6 Å². The van der Waals surface area contributed by atoms with Gasteiger partial charge in [-0.25, -0.2) is 0 Å². The zero-order valence-electron chi connectivity index (χ0n) is 13.3. The number of carbonyl (C=O) groups is 1. The highest BCUT2D eigenvalue weighted by atomic mass is 127. The van der Waals surface area contributed by atoms with Gasteiger partial charge in [0.05, 0.1) is 6.04 Å². The van der Waals surface area contributed by atoms with Crippen LogP contribution < -0.4 is 19.5 Å². The Hall–Kier alpha value is -1.96. The number of fused-ring (bicyclic) bond motifs is 1. The van der Waals surface area contributed by atoms with Gasteiger partial charge in [0, 0.05) is 3.57 Å². The van der Waals surface area contributed by atoms with Crippen molar-refractivity contribution < 1.29 is 19.0 Å². The third-order valence-corrected chi connectivity index (χ3v) is 4.35. The van der Waals surface area contributed by atoms with E-state index in [9.17, 15) is 4.79 Å². The van der Waals surface area contributed by atoms with Gasteiger partial charge in [-0.1, -0.05) is 6.07 Å². The van der Waals surface area contributed by atoms with Crippen LogP contribution in [-0.2, 0) is 4.79 Å². The van der Waals surface area contributed by atoms with Gasteiger partial charge in [-0.15, -0.1) is 0 Å². The summed E-state index contributed by atoms with van der Waals surface area (Å²) < 4.78 is 17.7. The quantitative estimate of drug-likeness (QED) is 0.727. The molecule has 0 aliphatic carbocycles. The molecular weight excluding hydrogens is 421 g/mol. The fourth-order valence-corrected chi connectivity index (χ4v) is 2.74. The molecule has 0 radical (unpaired) electrons. The minimum Gasteiger partial charge on any atom is -0.486 e. The van der Waals surface area contributed by atoms with Gasteiger partial charge in [0.2, 0.25) is 0 Å². The van der Waals surface area contributed by atoms with E-state index in [-0.39, 0.29) is 18.6 Å². The molecule has 0 fully saturated rings. The van der Waals surface area contributed by atoms with Crippen molar-refractivity contribution in [3.63, 3.8) is 0 Å². The predicted octanol–water partition coefficient (Wildman–Crippen LogP) is 3.32. The van der Waals surface area contributed by atoms with E-state index in [1.165, 1.54) is 0 Å². The van der Waals surface area contributed by atoms with Gasteiger partial charge >= 0.3 is 0 Å². The largest absolute Gasteiger partial charge is 0.486 e. The van der Waals surface area contributed by atoms with Crippen molar-refractivity contribution in [1.29, 1.82) is 0 Å². The van der Waals surface area contributed by atoms with Crippen molar-refractivity contribution in [1.82, 2.24) is 5.32 Å². The standard InChI is InChI=1S/C18H18INO4/c1-12(13-2-7-16-17(10-13)23-9-8-22-16)20-18(21)11-24-15-5-3-14(19)4-6-15/h2-7,10,12H,8-9,11H2,1H3,(H,20,21)/t12-/m0/s1. The van der Waals surface area contributed by atoms with E-state index in [2.05, 4.69) is 27.9 Å². The van der Waals surface area contributed by atoms with Gasteiger partial charge in [0.15, 0.2) is 18.1 Å². The van der Waals surface area contributed by atoms with Crippen LogP contribution in [0.25, 0.3) is 0 Å². The molecule has 2 aromatic carbocycles. The number of ether oxygens (including phenoxy) is 3. The molecule has 1 amide bonds. The van der Waals surface area contributed by atoms with Crippen LogP contribution in [0.3, 0.4) is 0 Å². The van der Waals surface area contributed by atoms with Crippen molar-refractivity contribution in [2.75, 3.05) is 19.8 Å². The van der Waals surface area contributed by atoms with Gasteiger partial charge in [-0.05, 0) is 71.5 Å². The summed E-state index contributed by atoms with van der Waals surface area (Å²) in [6.07, 6.45) is 0. The first kappa shape index (κ1) is 16.9. The van der Waals surface area contributed by atoms with Crippen LogP contribution in [0.5, 0.6) is 17.2 Å². The first-order valence-corrected chi connectivity index (χ1v) is 8.77. The fourth-order valence-electron chi connectivity index (χ4n) is 2.38. The van der Waals surface area contributed by atoms with Crippen molar-refractivity contribution >= 4 is 28.5 Å². The summed E-state index contributed by atoms with van der Waals surface area (Å²) in [6.45, 7) is 3.01. The van der Waals surface area contributed by atoms with Crippen LogP contribution in [0.1, 0.15) is 18.5 Å². The number of halogens is 1. The van der Waals surface area contributed by atoms with Crippen molar-refractivity contribution in [3.05, 3.63) is 51.6 Å². The van der Waals surface area contributed by atoms with Crippen LogP contribution in [0, 0.1) is 3.57 Å². The molecule has 1 aliphatic rings. The summed E-state index contributed by atoms with van der Waals surface area (Å²) in [5.41, 5.74) is 0.960. The summed E-state index contributed by atoms with van der Waals surface area (Å²) in [4.78, 5) is 12.1. The maximum atomic E-state index is 12.1. The minimum absolute atomic E-state index is 0.0184. The predicted molar refractivity (Wildman–Crippen MR) is 98.6 cm³/mol. The number of rotatable bonds is 5. The van der Waals surface area contributed by atoms with Gasteiger partial charge in [0.25, 0.3) is 5.91 Å². The van der Waals surface area contributed by atoms with E-state index in [0.717, 1.165) is 20.6 Å². The van der Waals surface area contributed by atoms with Crippen LogP contribution in [-0.4, -0.2) is 25.7 Å². The normalized spacial score (nSPS) is 13.9. The van der Waals surface area contributed by atoms with E-state index in [1.807, 2.05) is 49.4 Å². The first-order chi connectivity index (χ1) is 11.6. The average molecular weight is 439 g/mol. The number of carbonyl (C=O) groups excluding carboxylic acids is 1. The van der Waals surface area contributed by atoms with Gasteiger partial charge in [0.1, 0.15) is 19.0 Å². The monoisotopic (exact) mass is 439 g/mol. The molecule has 1 aliphatic heterocycles. The highest BCUT2D eigenvalue weighted by molar-refractivity contribution is 14.1. The molecule has 3 rings (SSSR count). The molecule has 0 saturated carbocycles. The lowest BCUT2D eigenvalue weighted by atomic mass is 10.1. The average Bonchev–Trinajstić information content (AvgIpc) is 2.61. The number of hydrogen-bond donors (Lipinski definition) is 1. The van der Waals surface area contributed by atoms with Crippen molar-refractivity contribution in [2.24, 2.45) is 0 Å². The third kappa shape index (κ3) is 4.31. The Morgan fingerprint density at radius 3 is 2.62 bits per heavy atom. The maximum Gasteiger partial charge on any atom is 0.258 e. The molecule has 126 valence electrons. The van der Waals surface area contributed by atoms with E-state index < -0.39 is 0 Å². The van der Waals surface area contributed by atoms with Crippen molar-refractivity contribution in [2.45, 2.75) is 13.0 Å². The minimum atomic E-state index is -0.170. The number of nitrogens with one attached hydrogen (secondary N) is 1. The molecule has 0 bridgehead atoms. The van der Waals surface area contributed by atoms with Crippen LogP contribution in [0.4, 0.5) is 0 Å². The molecule has 0 spiro atoms. The highest BCUT2D eigenvalue weighted by Gasteiger charge is 2.16. The van der Waals surface area contributed by atoms with Gasteiger partial charge in [-0.3, -0.25) is 4.79 Å².